The zero-order valence-electron chi connectivity index (χ0n) is 10.6. The summed E-state index contributed by atoms with van der Waals surface area (Å²) in [6.07, 6.45) is 8.22. The average molecular weight is 261 g/mol. The minimum Gasteiger partial charge on any atom is -0.398 e. The Labute approximate surface area is 112 Å². The van der Waals surface area contributed by atoms with Crippen LogP contribution in [0.2, 0.25) is 0 Å². The molecule has 96 valence electrons. The summed E-state index contributed by atoms with van der Waals surface area (Å²) in [6, 6.07) is 6.00. The molecule has 0 spiro atoms. The third-order valence-corrected chi connectivity index (χ3v) is 3.64. The van der Waals surface area contributed by atoms with Gasteiger partial charge in [-0.1, -0.05) is 0 Å². The van der Waals surface area contributed by atoms with Gasteiger partial charge in [0.2, 0.25) is 0 Å². The molecule has 3 N–H and O–H groups in total. The lowest BCUT2D eigenvalue weighted by atomic mass is 10.1. The summed E-state index contributed by atoms with van der Waals surface area (Å²) in [5.41, 5.74) is 7.88. The number of hydrogen-bond donors (Lipinski definition) is 2. The first-order chi connectivity index (χ1) is 8.83. The highest BCUT2D eigenvalue weighted by Gasteiger charge is 2.03. The molecule has 0 atom stereocenters. The number of thioether (sulfide) groups is 1. The number of nitrogens with zero attached hydrogens (tertiary/aromatic N) is 1. The topological polar surface area (TPSA) is 50.9 Å². The highest BCUT2D eigenvalue weighted by Crippen LogP contribution is 2.27. The number of anilines is 2. The van der Waals surface area contributed by atoms with E-state index in [0.29, 0.717) is 0 Å². The number of fused-ring (bicyclic) bond motifs is 1. The second-order valence-corrected chi connectivity index (χ2v) is 5.24. The number of pyridine rings is 1. The quantitative estimate of drug-likeness (QED) is 0.618. The van der Waals surface area contributed by atoms with E-state index in [1.807, 2.05) is 36.2 Å². The van der Waals surface area contributed by atoms with Crippen molar-refractivity contribution in [1.29, 1.82) is 0 Å². The molecule has 1 heterocycles. The Kier molecular flexibility index (Phi) is 4.70. The van der Waals surface area contributed by atoms with Gasteiger partial charge in [-0.15, -0.1) is 0 Å². The molecule has 2 rings (SSSR count). The molecule has 0 fully saturated rings. The number of aromatic nitrogens is 1. The minimum atomic E-state index is 0.783. The summed E-state index contributed by atoms with van der Waals surface area (Å²) in [6.45, 7) is 1.00. The Morgan fingerprint density at radius 3 is 2.94 bits per heavy atom. The molecule has 2 aromatic rings. The van der Waals surface area contributed by atoms with Crippen molar-refractivity contribution in [3.05, 3.63) is 30.6 Å². The summed E-state index contributed by atoms with van der Waals surface area (Å²) in [5, 5.41) is 5.65. The summed E-state index contributed by atoms with van der Waals surface area (Å²) in [5.74, 6) is 1.23. The van der Waals surface area contributed by atoms with Gasteiger partial charge in [-0.3, -0.25) is 4.98 Å². The van der Waals surface area contributed by atoms with Gasteiger partial charge in [-0.2, -0.15) is 11.8 Å². The van der Waals surface area contributed by atoms with Crippen LogP contribution in [-0.4, -0.2) is 23.5 Å². The Morgan fingerprint density at radius 1 is 1.22 bits per heavy atom. The monoisotopic (exact) mass is 261 g/mol. The predicted octanol–water partition coefficient (Wildman–Crippen LogP) is 3.37. The molecule has 18 heavy (non-hydrogen) atoms. The van der Waals surface area contributed by atoms with Crippen LogP contribution in [0, 0.1) is 0 Å². The van der Waals surface area contributed by atoms with Crippen molar-refractivity contribution in [3.8, 4) is 0 Å². The van der Waals surface area contributed by atoms with E-state index in [2.05, 4.69) is 16.6 Å². The molecule has 0 aliphatic heterocycles. The van der Waals surface area contributed by atoms with Crippen LogP contribution in [0.3, 0.4) is 0 Å². The molecular weight excluding hydrogens is 242 g/mol. The molecular formula is C14H19N3S. The lowest BCUT2D eigenvalue weighted by Crippen LogP contribution is -2.03. The van der Waals surface area contributed by atoms with Crippen molar-refractivity contribution in [2.75, 3.05) is 29.6 Å². The van der Waals surface area contributed by atoms with Gasteiger partial charge in [0.25, 0.3) is 0 Å². The lowest BCUT2D eigenvalue weighted by molar-refractivity contribution is 0.844. The van der Waals surface area contributed by atoms with Crippen molar-refractivity contribution in [1.82, 2.24) is 4.98 Å². The molecule has 0 unspecified atom stereocenters. The summed E-state index contributed by atoms with van der Waals surface area (Å²) in [7, 11) is 0. The van der Waals surface area contributed by atoms with Crippen molar-refractivity contribution in [2.45, 2.75) is 12.8 Å². The van der Waals surface area contributed by atoms with E-state index >= 15 is 0 Å². The highest BCUT2D eigenvalue weighted by molar-refractivity contribution is 7.98. The number of benzene rings is 1. The molecule has 4 heteroatoms. The van der Waals surface area contributed by atoms with E-state index in [9.17, 15) is 0 Å². The second kappa shape index (κ2) is 6.50. The van der Waals surface area contributed by atoms with Crippen LogP contribution in [0.15, 0.2) is 30.6 Å². The maximum absolute atomic E-state index is 5.95. The van der Waals surface area contributed by atoms with Crippen molar-refractivity contribution >= 4 is 33.9 Å². The molecule has 3 nitrogen and oxygen atoms in total. The van der Waals surface area contributed by atoms with Crippen LogP contribution in [0.25, 0.3) is 10.8 Å². The van der Waals surface area contributed by atoms with Crippen LogP contribution in [0.5, 0.6) is 0 Å². The SMILES string of the molecule is CSCCCCNc1ccc(N)c2cnccc12. The van der Waals surface area contributed by atoms with Crippen LogP contribution in [0.1, 0.15) is 12.8 Å². The average Bonchev–Trinajstić information content (AvgIpc) is 2.41. The Hall–Kier alpha value is -1.42. The number of rotatable bonds is 6. The maximum Gasteiger partial charge on any atom is 0.0422 e. The second-order valence-electron chi connectivity index (χ2n) is 4.25. The van der Waals surface area contributed by atoms with Gasteiger partial charge >= 0.3 is 0 Å². The highest BCUT2D eigenvalue weighted by atomic mass is 32.2. The molecule has 0 aliphatic carbocycles. The molecule has 1 aromatic carbocycles. The summed E-state index contributed by atoms with van der Waals surface area (Å²) < 4.78 is 0. The number of nitrogens with one attached hydrogen (secondary N) is 1. The predicted molar refractivity (Wildman–Crippen MR) is 82.3 cm³/mol. The minimum absolute atomic E-state index is 0.783. The van der Waals surface area contributed by atoms with Gasteiger partial charge in [-0.05, 0) is 43.0 Å². The van der Waals surface area contributed by atoms with Crippen LogP contribution >= 0.6 is 11.8 Å². The molecule has 0 amide bonds. The Morgan fingerprint density at radius 2 is 2.11 bits per heavy atom. The smallest absolute Gasteiger partial charge is 0.0422 e. The van der Waals surface area contributed by atoms with E-state index in [-0.39, 0.29) is 0 Å². The molecule has 0 bridgehead atoms. The summed E-state index contributed by atoms with van der Waals surface area (Å²) in [4.78, 5) is 4.13. The third kappa shape index (κ3) is 3.07. The van der Waals surface area contributed by atoms with E-state index in [0.717, 1.165) is 28.7 Å². The maximum atomic E-state index is 5.95. The van der Waals surface area contributed by atoms with Gasteiger partial charge in [0.15, 0.2) is 0 Å². The van der Waals surface area contributed by atoms with Gasteiger partial charge < -0.3 is 11.1 Å². The first kappa shape index (κ1) is 13.0. The van der Waals surface area contributed by atoms with Crippen molar-refractivity contribution in [3.63, 3.8) is 0 Å². The van der Waals surface area contributed by atoms with Crippen molar-refractivity contribution in [2.24, 2.45) is 0 Å². The first-order valence-electron chi connectivity index (χ1n) is 6.18. The third-order valence-electron chi connectivity index (χ3n) is 2.94. The Balaban J connectivity index is 2.07. The zero-order chi connectivity index (χ0) is 12.8. The lowest BCUT2D eigenvalue weighted by Gasteiger charge is -2.10. The zero-order valence-corrected chi connectivity index (χ0v) is 11.5. The molecule has 0 radical (unpaired) electrons. The molecule has 0 aliphatic rings. The number of hydrogen-bond acceptors (Lipinski definition) is 4. The molecule has 1 aromatic heterocycles. The normalized spacial score (nSPS) is 10.7. The van der Waals surface area contributed by atoms with E-state index in [4.69, 9.17) is 5.73 Å². The van der Waals surface area contributed by atoms with Crippen LogP contribution in [0.4, 0.5) is 11.4 Å². The summed E-state index contributed by atoms with van der Waals surface area (Å²) >= 11 is 1.90. The van der Waals surface area contributed by atoms with Crippen LogP contribution in [-0.2, 0) is 0 Å². The first-order valence-corrected chi connectivity index (χ1v) is 7.57. The van der Waals surface area contributed by atoms with Crippen LogP contribution < -0.4 is 11.1 Å². The van der Waals surface area contributed by atoms with Gasteiger partial charge in [0.1, 0.15) is 0 Å². The van der Waals surface area contributed by atoms with E-state index in [1.165, 1.54) is 18.6 Å². The number of nitrogen functional groups attached to an aromatic ring is 1. The fraction of sp³-hybridized carbons (Fsp3) is 0.357. The van der Waals surface area contributed by atoms with Crippen molar-refractivity contribution < 1.29 is 0 Å². The number of unbranched alkanes of at least 4 members (excludes halogenated alkanes) is 1. The molecule has 0 saturated heterocycles. The standard InChI is InChI=1S/C14H19N3S/c1-18-9-3-2-7-17-14-5-4-13(15)12-10-16-8-6-11(12)14/h4-6,8,10,17H,2-3,7,9,15H2,1H3. The molecule has 0 saturated carbocycles. The fourth-order valence-electron chi connectivity index (χ4n) is 1.96. The Bertz CT molecular complexity index is 513. The van der Waals surface area contributed by atoms with Gasteiger partial charge in [0, 0.05) is 41.1 Å². The fourth-order valence-corrected chi connectivity index (χ4v) is 2.45. The van der Waals surface area contributed by atoms with E-state index < -0.39 is 0 Å². The van der Waals surface area contributed by atoms with E-state index in [1.54, 1.807) is 6.20 Å². The number of nitrogens with two attached hydrogens (primary N) is 1. The van der Waals surface area contributed by atoms with Gasteiger partial charge in [-0.25, -0.2) is 0 Å². The van der Waals surface area contributed by atoms with Gasteiger partial charge in [0.05, 0.1) is 0 Å². The largest absolute Gasteiger partial charge is 0.398 e.